The van der Waals surface area contributed by atoms with E-state index in [1.165, 1.54) is 19.2 Å². The van der Waals surface area contributed by atoms with Crippen LogP contribution in [0.1, 0.15) is 30.9 Å². The highest BCUT2D eigenvalue weighted by Gasteiger charge is 2.31. The number of aliphatic hydroxyl groups excluding tert-OH is 1. The second kappa shape index (κ2) is 7.31. The number of alkyl halides is 3. The van der Waals surface area contributed by atoms with Gasteiger partial charge in [-0.05, 0) is 40.8 Å². The van der Waals surface area contributed by atoms with Crippen molar-refractivity contribution in [1.29, 1.82) is 0 Å². The molecule has 0 aliphatic heterocycles. The Balaban J connectivity index is 2.59. The Labute approximate surface area is 142 Å². The fraction of sp³-hybridized carbons (Fsp3) is 0.333. The molecule has 3 nitrogen and oxygen atoms in total. The van der Waals surface area contributed by atoms with Crippen LogP contribution >= 0.6 is 0 Å². The average Bonchev–Trinajstić information content (AvgIpc) is 2.52. The van der Waals surface area contributed by atoms with Crippen molar-refractivity contribution in [1.82, 2.24) is 0 Å². The molecule has 0 unspecified atom stereocenters. The highest BCUT2D eigenvalue weighted by atomic mass is 19.4. The van der Waals surface area contributed by atoms with Gasteiger partial charge in [0.05, 0.1) is 13.7 Å². The van der Waals surface area contributed by atoms with Gasteiger partial charge in [-0.25, -0.2) is 4.39 Å². The number of hydrogen-bond acceptors (Lipinski definition) is 3. The minimum Gasteiger partial charge on any atom is -0.496 e. The molecule has 0 heterocycles. The number of ether oxygens (including phenoxy) is 2. The van der Waals surface area contributed by atoms with E-state index in [0.717, 1.165) is 12.1 Å². The van der Waals surface area contributed by atoms with E-state index in [0.29, 0.717) is 16.7 Å². The summed E-state index contributed by atoms with van der Waals surface area (Å²) in [5.74, 6) is -0.750. The lowest BCUT2D eigenvalue weighted by Gasteiger charge is -2.17. The zero-order valence-electron chi connectivity index (χ0n) is 13.9. The predicted molar refractivity (Wildman–Crippen MR) is 85.1 cm³/mol. The number of methoxy groups -OCH3 is 1. The van der Waals surface area contributed by atoms with Crippen LogP contribution in [0.5, 0.6) is 11.5 Å². The Kier molecular flexibility index (Phi) is 5.57. The quantitative estimate of drug-likeness (QED) is 0.763. The maximum absolute atomic E-state index is 14.1. The van der Waals surface area contributed by atoms with Crippen LogP contribution < -0.4 is 9.47 Å². The molecular weight excluding hydrogens is 340 g/mol. The molecule has 2 aromatic carbocycles. The Morgan fingerprint density at radius 3 is 2.28 bits per heavy atom. The van der Waals surface area contributed by atoms with Crippen molar-refractivity contribution < 1.29 is 32.1 Å². The van der Waals surface area contributed by atoms with Gasteiger partial charge in [-0.15, -0.1) is 13.2 Å². The van der Waals surface area contributed by atoms with Gasteiger partial charge in [0.25, 0.3) is 0 Å². The van der Waals surface area contributed by atoms with E-state index >= 15 is 0 Å². The van der Waals surface area contributed by atoms with Crippen molar-refractivity contribution in [2.75, 3.05) is 7.11 Å². The lowest BCUT2D eigenvalue weighted by molar-refractivity contribution is -0.274. The first-order chi connectivity index (χ1) is 11.7. The third-order valence-electron chi connectivity index (χ3n) is 3.71. The van der Waals surface area contributed by atoms with Crippen molar-refractivity contribution in [3.05, 3.63) is 47.3 Å². The molecule has 0 amide bonds. The van der Waals surface area contributed by atoms with Crippen molar-refractivity contribution in [3.8, 4) is 22.6 Å². The molecule has 0 fully saturated rings. The van der Waals surface area contributed by atoms with E-state index in [1.807, 2.05) is 13.8 Å². The van der Waals surface area contributed by atoms with E-state index in [4.69, 9.17) is 4.74 Å². The zero-order chi connectivity index (χ0) is 18.8. The molecule has 1 N–H and O–H groups in total. The lowest BCUT2D eigenvalue weighted by atomic mass is 9.93. The van der Waals surface area contributed by atoms with Gasteiger partial charge in [0.1, 0.15) is 17.3 Å². The third-order valence-corrected chi connectivity index (χ3v) is 3.71. The highest BCUT2D eigenvalue weighted by molar-refractivity contribution is 5.75. The van der Waals surface area contributed by atoms with Crippen molar-refractivity contribution in [3.63, 3.8) is 0 Å². The third kappa shape index (κ3) is 4.42. The van der Waals surface area contributed by atoms with Crippen LogP contribution in [0.25, 0.3) is 11.1 Å². The van der Waals surface area contributed by atoms with Crippen LogP contribution in [-0.2, 0) is 6.61 Å². The lowest BCUT2D eigenvalue weighted by Crippen LogP contribution is -2.17. The monoisotopic (exact) mass is 358 g/mol. The maximum atomic E-state index is 14.1. The maximum Gasteiger partial charge on any atom is 0.573 e. The van der Waals surface area contributed by atoms with Crippen LogP contribution in [0.2, 0.25) is 0 Å². The molecule has 25 heavy (non-hydrogen) atoms. The minimum absolute atomic E-state index is 0.102. The molecule has 0 aliphatic carbocycles. The van der Waals surface area contributed by atoms with E-state index in [2.05, 4.69) is 4.74 Å². The van der Waals surface area contributed by atoms with Crippen LogP contribution in [0.3, 0.4) is 0 Å². The molecule has 7 heteroatoms. The summed E-state index contributed by atoms with van der Waals surface area (Å²) in [6.45, 7) is 3.13. The summed E-state index contributed by atoms with van der Waals surface area (Å²) in [5.41, 5.74) is 1.57. The van der Waals surface area contributed by atoms with Gasteiger partial charge in [0.2, 0.25) is 0 Å². The van der Waals surface area contributed by atoms with Crippen LogP contribution in [0.15, 0.2) is 30.3 Å². The fourth-order valence-electron chi connectivity index (χ4n) is 2.55. The molecule has 2 aromatic rings. The zero-order valence-corrected chi connectivity index (χ0v) is 13.9. The molecule has 0 aliphatic rings. The topological polar surface area (TPSA) is 38.7 Å². The summed E-state index contributed by atoms with van der Waals surface area (Å²) < 4.78 is 60.3. The van der Waals surface area contributed by atoms with Crippen molar-refractivity contribution >= 4 is 0 Å². The fourth-order valence-corrected chi connectivity index (χ4v) is 2.55. The Morgan fingerprint density at radius 1 is 1.08 bits per heavy atom. The van der Waals surface area contributed by atoms with Gasteiger partial charge < -0.3 is 14.6 Å². The first kappa shape index (κ1) is 19.1. The summed E-state index contributed by atoms with van der Waals surface area (Å²) in [5, 5.41) is 9.55. The molecule has 0 atom stereocenters. The summed E-state index contributed by atoms with van der Waals surface area (Å²) in [7, 11) is 1.37. The molecule has 0 radical (unpaired) electrons. The van der Waals surface area contributed by atoms with Gasteiger partial charge in [0, 0.05) is 11.6 Å². The molecule has 0 saturated carbocycles. The Hall–Kier alpha value is -2.28. The molecule has 0 bridgehead atoms. The predicted octanol–water partition coefficient (Wildman–Crippen LogP) is 5.02. The molecule has 0 aromatic heterocycles. The molecule has 0 spiro atoms. The van der Waals surface area contributed by atoms with Gasteiger partial charge in [-0.1, -0.05) is 19.9 Å². The first-order valence-electron chi connectivity index (χ1n) is 7.53. The molecular formula is C18H18F4O3. The van der Waals surface area contributed by atoms with Crippen molar-refractivity contribution in [2.24, 2.45) is 0 Å². The van der Waals surface area contributed by atoms with Gasteiger partial charge in [0.15, 0.2) is 0 Å². The standard InChI is InChI=1S/C18H18F4O3/c1-10(2)14-7-15(17(24-3)8-16(14)19)13-5-4-12(6-11(13)9-23)25-18(20,21)22/h4-8,10,23H,9H2,1-3H3. The van der Waals surface area contributed by atoms with Crippen molar-refractivity contribution in [2.45, 2.75) is 32.7 Å². The van der Waals surface area contributed by atoms with Gasteiger partial charge in [-0.3, -0.25) is 0 Å². The molecule has 2 rings (SSSR count). The summed E-state index contributed by atoms with van der Waals surface area (Å²) in [4.78, 5) is 0. The SMILES string of the molecule is COc1cc(F)c(C(C)C)cc1-c1ccc(OC(F)(F)F)cc1CO. The van der Waals surface area contributed by atoms with E-state index in [-0.39, 0.29) is 17.2 Å². The Bertz CT molecular complexity index is 755. The first-order valence-corrected chi connectivity index (χ1v) is 7.53. The van der Waals surface area contributed by atoms with E-state index in [9.17, 15) is 22.7 Å². The number of aliphatic hydroxyl groups is 1. The number of hydrogen-bond donors (Lipinski definition) is 1. The summed E-state index contributed by atoms with van der Waals surface area (Å²) >= 11 is 0. The minimum atomic E-state index is -4.83. The number of benzene rings is 2. The second-order valence-corrected chi connectivity index (χ2v) is 5.75. The molecule has 136 valence electrons. The van der Waals surface area contributed by atoms with E-state index in [1.54, 1.807) is 6.07 Å². The van der Waals surface area contributed by atoms with E-state index < -0.39 is 24.5 Å². The number of rotatable bonds is 5. The molecule has 0 saturated heterocycles. The normalized spacial score (nSPS) is 11.7. The Morgan fingerprint density at radius 2 is 1.76 bits per heavy atom. The van der Waals surface area contributed by atoms with Crippen LogP contribution in [-0.4, -0.2) is 18.6 Å². The number of halogens is 4. The summed E-state index contributed by atoms with van der Waals surface area (Å²) in [6.07, 6.45) is -4.83. The van der Waals surface area contributed by atoms with Gasteiger partial charge in [-0.2, -0.15) is 0 Å². The highest BCUT2D eigenvalue weighted by Crippen LogP contribution is 2.38. The largest absolute Gasteiger partial charge is 0.573 e. The van der Waals surface area contributed by atoms with Gasteiger partial charge >= 0.3 is 6.36 Å². The van der Waals surface area contributed by atoms with Crippen LogP contribution in [0, 0.1) is 5.82 Å². The summed E-state index contributed by atoms with van der Waals surface area (Å²) in [6, 6.07) is 6.43. The average molecular weight is 358 g/mol. The smallest absolute Gasteiger partial charge is 0.496 e. The van der Waals surface area contributed by atoms with Crippen LogP contribution in [0.4, 0.5) is 17.6 Å². The second-order valence-electron chi connectivity index (χ2n) is 5.75.